The van der Waals surface area contributed by atoms with Crippen molar-refractivity contribution in [2.24, 2.45) is 5.41 Å². The maximum atomic E-state index is 13.7. The molecule has 1 amide bonds. The van der Waals surface area contributed by atoms with Crippen LogP contribution in [0.25, 0.3) is 5.57 Å². The second-order valence-electron chi connectivity index (χ2n) is 9.26. The minimum absolute atomic E-state index is 0.0279. The van der Waals surface area contributed by atoms with Crippen molar-refractivity contribution in [3.8, 4) is 6.07 Å². The van der Waals surface area contributed by atoms with Crippen LogP contribution in [0.5, 0.6) is 0 Å². The van der Waals surface area contributed by atoms with Gasteiger partial charge in [-0.3, -0.25) is 4.79 Å². The topological polar surface area (TPSA) is 69.9 Å². The molecule has 0 atom stereocenters. The van der Waals surface area contributed by atoms with Crippen LogP contribution in [-0.4, -0.2) is 33.9 Å². The molecule has 198 valence electrons. The number of rotatable bonds is 9. The summed E-state index contributed by atoms with van der Waals surface area (Å²) in [6, 6.07) is 4.39. The Morgan fingerprint density at radius 3 is 2.38 bits per heavy atom. The largest absolute Gasteiger partial charge is 0.339 e. The molecule has 0 saturated carbocycles. The molecule has 2 rings (SSSR count). The fourth-order valence-electron chi connectivity index (χ4n) is 3.97. The summed E-state index contributed by atoms with van der Waals surface area (Å²) < 4.78 is 0. The maximum Gasteiger partial charge on any atom is 0.254 e. The fourth-order valence-corrected chi connectivity index (χ4v) is 3.97. The van der Waals surface area contributed by atoms with Crippen molar-refractivity contribution in [3.63, 3.8) is 0 Å². The number of likely N-dealkylation sites (tertiary alicyclic amines) is 1. The van der Waals surface area contributed by atoms with Crippen LogP contribution < -0.4 is 0 Å². The molecule has 1 fully saturated rings. The first-order valence-electron chi connectivity index (χ1n) is 13.3. The summed E-state index contributed by atoms with van der Waals surface area (Å²) in [4.78, 5) is 23.9. The van der Waals surface area contributed by atoms with Gasteiger partial charge in [-0.2, -0.15) is 5.26 Å². The number of allylic oxidation sites excluding steroid dienone is 9. The molecule has 0 spiro atoms. The number of carbonyl (C=O) groups excluding carboxylic acids is 1. The Kier molecular flexibility index (Phi) is 13.9. The van der Waals surface area contributed by atoms with Crippen molar-refractivity contribution < 1.29 is 4.79 Å². The maximum absolute atomic E-state index is 13.7. The first-order chi connectivity index (χ1) is 17.7. The molecule has 0 N–H and O–H groups in total. The van der Waals surface area contributed by atoms with Gasteiger partial charge >= 0.3 is 0 Å². The molecule has 5 heteroatoms. The van der Waals surface area contributed by atoms with Crippen LogP contribution in [0.4, 0.5) is 0 Å². The van der Waals surface area contributed by atoms with E-state index < -0.39 is 5.41 Å². The number of hydrogen-bond acceptors (Lipinski definition) is 4. The van der Waals surface area contributed by atoms with E-state index in [1.54, 1.807) is 6.20 Å². The smallest absolute Gasteiger partial charge is 0.254 e. The summed E-state index contributed by atoms with van der Waals surface area (Å²) >= 11 is 0. The molecule has 1 aliphatic rings. The third-order valence-corrected chi connectivity index (χ3v) is 6.54. The van der Waals surface area contributed by atoms with Gasteiger partial charge in [0.25, 0.3) is 5.91 Å². The van der Waals surface area contributed by atoms with E-state index in [-0.39, 0.29) is 5.91 Å². The highest BCUT2D eigenvalue weighted by Crippen LogP contribution is 2.38. The van der Waals surface area contributed by atoms with Crippen LogP contribution in [0.2, 0.25) is 0 Å². The molecule has 0 radical (unpaired) electrons. The van der Waals surface area contributed by atoms with Crippen LogP contribution in [0.1, 0.15) is 79.8 Å². The average molecular weight is 501 g/mol. The lowest BCUT2D eigenvalue weighted by atomic mass is 9.74. The molecule has 1 aromatic heterocycles. The van der Waals surface area contributed by atoms with Crippen molar-refractivity contribution in [1.82, 2.24) is 14.9 Å². The quantitative estimate of drug-likeness (QED) is 0.256. The monoisotopic (exact) mass is 500 g/mol. The van der Waals surface area contributed by atoms with Gasteiger partial charge in [-0.1, -0.05) is 74.4 Å². The number of hydrogen-bond donors (Lipinski definition) is 0. The second kappa shape index (κ2) is 16.3. The van der Waals surface area contributed by atoms with Crippen molar-refractivity contribution in [2.75, 3.05) is 13.1 Å². The molecular formula is C32H44N4O. The van der Waals surface area contributed by atoms with Gasteiger partial charge in [0.2, 0.25) is 0 Å². The van der Waals surface area contributed by atoms with Crippen molar-refractivity contribution >= 4 is 11.5 Å². The predicted molar refractivity (Wildman–Crippen MR) is 155 cm³/mol. The zero-order valence-corrected chi connectivity index (χ0v) is 23.8. The number of aromatic nitrogens is 2. The Bertz CT molecular complexity index is 1090. The van der Waals surface area contributed by atoms with E-state index in [0.717, 1.165) is 28.8 Å². The summed E-state index contributed by atoms with van der Waals surface area (Å²) in [5.74, 6) is -0.0279. The molecule has 0 aliphatic carbocycles. The lowest BCUT2D eigenvalue weighted by Crippen LogP contribution is -2.43. The Labute approximate surface area is 224 Å². The predicted octanol–water partition coefficient (Wildman–Crippen LogP) is 7.79. The highest BCUT2D eigenvalue weighted by atomic mass is 16.2. The van der Waals surface area contributed by atoms with Gasteiger partial charge in [0.05, 0.1) is 17.2 Å². The van der Waals surface area contributed by atoms with Crippen molar-refractivity contribution in [1.29, 1.82) is 5.26 Å². The Morgan fingerprint density at radius 1 is 1.19 bits per heavy atom. The van der Waals surface area contributed by atoms with E-state index >= 15 is 0 Å². The van der Waals surface area contributed by atoms with E-state index in [1.807, 2.05) is 76.0 Å². The van der Waals surface area contributed by atoms with Gasteiger partial charge < -0.3 is 4.90 Å². The van der Waals surface area contributed by atoms with Crippen molar-refractivity contribution in [3.05, 3.63) is 89.6 Å². The van der Waals surface area contributed by atoms with Crippen LogP contribution in [-0.2, 0) is 4.79 Å². The fraction of sp³-hybridized carbons (Fsp3) is 0.438. The molecule has 0 aromatic carbocycles. The van der Waals surface area contributed by atoms with Crippen molar-refractivity contribution in [2.45, 2.75) is 74.1 Å². The Hall–Kier alpha value is -3.52. The first-order valence-corrected chi connectivity index (χ1v) is 13.3. The molecule has 0 unspecified atom stereocenters. The van der Waals surface area contributed by atoms with Crippen LogP contribution in [0.15, 0.2) is 83.9 Å². The summed E-state index contributed by atoms with van der Waals surface area (Å²) in [6.45, 7) is 19.1. The van der Waals surface area contributed by atoms with Gasteiger partial charge in [0.1, 0.15) is 6.33 Å². The molecule has 1 aliphatic heterocycles. The lowest BCUT2D eigenvalue weighted by molar-refractivity contribution is -0.128. The van der Waals surface area contributed by atoms with Crippen LogP contribution in [0, 0.1) is 16.7 Å². The van der Waals surface area contributed by atoms with Gasteiger partial charge in [0, 0.05) is 24.9 Å². The number of amides is 1. The molecule has 5 nitrogen and oxygen atoms in total. The Morgan fingerprint density at radius 2 is 1.86 bits per heavy atom. The third-order valence-electron chi connectivity index (χ3n) is 6.54. The summed E-state index contributed by atoms with van der Waals surface area (Å²) in [5, 5.41) is 10.1. The van der Waals surface area contributed by atoms with Crippen LogP contribution >= 0.6 is 0 Å². The number of carbonyl (C=O) groups is 1. The lowest BCUT2D eigenvalue weighted by Gasteiger charge is -2.38. The zero-order valence-electron chi connectivity index (χ0n) is 23.8. The number of nitriles is 1. The third kappa shape index (κ3) is 9.80. The molecular weight excluding hydrogens is 456 g/mol. The molecule has 1 saturated heterocycles. The highest BCUT2D eigenvalue weighted by molar-refractivity contribution is 6.03. The van der Waals surface area contributed by atoms with Gasteiger partial charge in [0.15, 0.2) is 0 Å². The van der Waals surface area contributed by atoms with Crippen LogP contribution in [0.3, 0.4) is 0 Å². The first kappa shape index (κ1) is 31.5. The van der Waals surface area contributed by atoms with E-state index in [4.69, 9.17) is 0 Å². The van der Waals surface area contributed by atoms with E-state index in [9.17, 15) is 10.1 Å². The van der Waals surface area contributed by atoms with E-state index in [1.165, 1.54) is 11.9 Å². The summed E-state index contributed by atoms with van der Waals surface area (Å²) in [7, 11) is 0. The minimum Gasteiger partial charge on any atom is -0.339 e. The summed E-state index contributed by atoms with van der Waals surface area (Å²) in [6.07, 6.45) is 18.0. The zero-order chi connectivity index (χ0) is 27.8. The molecule has 2 heterocycles. The van der Waals surface area contributed by atoms with E-state index in [2.05, 4.69) is 42.5 Å². The Balaban J connectivity index is 0.00000334. The van der Waals surface area contributed by atoms with Gasteiger partial charge in [-0.05, 0) is 71.1 Å². The highest BCUT2D eigenvalue weighted by Gasteiger charge is 2.37. The SMILES string of the molecule is C=C(C)/C=C\C(=C/C)CC1(C#N)CCN(C(=O)C(/C=C\C=C(/C)CC)=C(/C)c2ccncn2)CC1.CC. The molecule has 1 aromatic rings. The summed E-state index contributed by atoms with van der Waals surface area (Å²) in [5.41, 5.74) is 5.03. The number of nitrogens with zero attached hydrogens (tertiary/aromatic N) is 4. The van der Waals surface area contributed by atoms with Gasteiger partial charge in [-0.25, -0.2) is 9.97 Å². The molecule has 37 heavy (non-hydrogen) atoms. The second-order valence-corrected chi connectivity index (χ2v) is 9.26. The minimum atomic E-state index is -0.472. The number of piperidine rings is 1. The normalized spacial score (nSPS) is 16.6. The standard InChI is InChI=1S/C30H38N4O.C2H6/c1-7-24(5)10-9-11-27(25(6)28-14-17-32-22-33-28)29(35)34-18-15-30(21-31,16-19-34)20-26(8-2)13-12-23(3)4;1-2/h8-14,17,22H,3,7,15-16,18-20H2,1-2,4-6H3;1-2H3/b11-9-,13-12-,24-10+,26-8+,27-25-;. The molecule has 0 bridgehead atoms. The van der Waals surface area contributed by atoms with E-state index in [0.29, 0.717) is 37.9 Å². The van der Waals surface area contributed by atoms with Gasteiger partial charge in [-0.15, -0.1) is 0 Å². The average Bonchev–Trinajstić information content (AvgIpc) is 2.94.